The monoisotopic (exact) mass is 429 g/mol. The van der Waals surface area contributed by atoms with Gasteiger partial charge in [0.2, 0.25) is 5.88 Å². The van der Waals surface area contributed by atoms with E-state index >= 15 is 0 Å². The highest BCUT2D eigenvalue weighted by Crippen LogP contribution is 2.30. The van der Waals surface area contributed by atoms with Crippen LogP contribution in [0.15, 0.2) is 61.2 Å². The van der Waals surface area contributed by atoms with E-state index in [1.807, 2.05) is 49.4 Å². The zero-order chi connectivity index (χ0) is 22.3. The Bertz CT molecular complexity index is 1180. The summed E-state index contributed by atoms with van der Waals surface area (Å²) >= 11 is 0. The average Bonchev–Trinajstić information content (AvgIpc) is 2.79. The second-order valence-corrected chi connectivity index (χ2v) is 8.02. The van der Waals surface area contributed by atoms with Crippen LogP contribution in [0.4, 0.5) is 11.6 Å². The van der Waals surface area contributed by atoms with Crippen molar-refractivity contribution in [3.63, 3.8) is 0 Å². The maximum atomic E-state index is 6.07. The van der Waals surface area contributed by atoms with Crippen LogP contribution in [0.1, 0.15) is 32.3 Å². The molecule has 164 valence electrons. The first-order valence-electron chi connectivity index (χ1n) is 10.8. The number of aryl methyl sites for hydroxylation is 1. The third-order valence-corrected chi connectivity index (χ3v) is 4.93. The van der Waals surface area contributed by atoms with Gasteiger partial charge in [-0.25, -0.2) is 19.9 Å². The van der Waals surface area contributed by atoms with Gasteiger partial charge in [-0.05, 0) is 62.1 Å². The van der Waals surface area contributed by atoms with Gasteiger partial charge < -0.3 is 14.8 Å². The molecular weight excluding hydrogens is 402 g/mol. The molecule has 0 spiro atoms. The van der Waals surface area contributed by atoms with Crippen molar-refractivity contribution in [1.82, 2.24) is 19.9 Å². The van der Waals surface area contributed by atoms with Crippen molar-refractivity contribution in [1.29, 1.82) is 0 Å². The molecule has 3 aromatic heterocycles. The maximum absolute atomic E-state index is 6.07. The van der Waals surface area contributed by atoms with E-state index < -0.39 is 0 Å². The van der Waals surface area contributed by atoms with Crippen LogP contribution in [0.2, 0.25) is 0 Å². The minimum absolute atomic E-state index is 0.537. The topological polar surface area (TPSA) is 82.0 Å². The predicted octanol–water partition coefficient (Wildman–Crippen LogP) is 6.08. The van der Waals surface area contributed by atoms with Gasteiger partial charge in [0.1, 0.15) is 29.5 Å². The summed E-state index contributed by atoms with van der Waals surface area (Å²) in [6, 6.07) is 13.3. The van der Waals surface area contributed by atoms with Gasteiger partial charge in [0.05, 0.1) is 18.3 Å². The molecular formula is C25H27N5O2. The summed E-state index contributed by atoms with van der Waals surface area (Å²) in [5.74, 6) is 4.00. The van der Waals surface area contributed by atoms with E-state index in [4.69, 9.17) is 9.47 Å². The van der Waals surface area contributed by atoms with Gasteiger partial charge in [0.15, 0.2) is 0 Å². The Balaban J connectivity index is 1.50. The quantitative estimate of drug-likeness (QED) is 0.323. The molecule has 0 aliphatic carbocycles. The highest BCUT2D eigenvalue weighted by molar-refractivity contribution is 5.91. The van der Waals surface area contributed by atoms with Crippen LogP contribution in [0, 0.1) is 12.8 Å². The van der Waals surface area contributed by atoms with E-state index in [0.29, 0.717) is 35.8 Å². The molecule has 0 atom stereocenters. The van der Waals surface area contributed by atoms with E-state index in [1.165, 1.54) is 6.33 Å². The molecule has 0 saturated heterocycles. The first-order chi connectivity index (χ1) is 15.6. The number of hydrogen-bond donors (Lipinski definition) is 1. The highest BCUT2D eigenvalue weighted by Gasteiger charge is 2.10. The largest absolute Gasteiger partial charge is 0.492 e. The van der Waals surface area contributed by atoms with Crippen LogP contribution in [0.5, 0.6) is 17.4 Å². The minimum atomic E-state index is 0.537. The summed E-state index contributed by atoms with van der Waals surface area (Å²) < 4.78 is 11.9. The lowest BCUT2D eigenvalue weighted by molar-refractivity contribution is 0.295. The standard InChI is InChI=1S/C25H27N5O2/c1-17(2)7-6-12-31-20-13-18(3)25(27-15-20)32-19-9-10-22-21(14-19)24(29-16-28-22)30-23-8-4-5-11-26-23/h4-5,8-11,13-17H,6-7,12H2,1-3H3,(H,26,28,29,30). The van der Waals surface area contributed by atoms with Gasteiger partial charge in [-0.15, -0.1) is 0 Å². The molecule has 0 saturated carbocycles. The Morgan fingerprint density at radius 1 is 0.969 bits per heavy atom. The Labute approximate surface area is 187 Å². The predicted molar refractivity (Wildman–Crippen MR) is 126 cm³/mol. The second kappa shape index (κ2) is 10.0. The van der Waals surface area contributed by atoms with Crippen molar-refractivity contribution in [2.45, 2.75) is 33.6 Å². The first-order valence-corrected chi connectivity index (χ1v) is 10.8. The number of pyridine rings is 2. The van der Waals surface area contributed by atoms with Gasteiger partial charge >= 0.3 is 0 Å². The summed E-state index contributed by atoms with van der Waals surface area (Å²) in [5.41, 5.74) is 1.71. The molecule has 0 radical (unpaired) electrons. The van der Waals surface area contributed by atoms with Crippen LogP contribution in [-0.2, 0) is 0 Å². The molecule has 0 amide bonds. The SMILES string of the molecule is Cc1cc(OCCCC(C)C)cnc1Oc1ccc2ncnc(Nc3ccccn3)c2c1. The van der Waals surface area contributed by atoms with E-state index in [-0.39, 0.29) is 0 Å². The van der Waals surface area contributed by atoms with E-state index in [1.54, 1.807) is 12.4 Å². The van der Waals surface area contributed by atoms with Crippen molar-refractivity contribution in [2.24, 2.45) is 5.92 Å². The lowest BCUT2D eigenvalue weighted by Crippen LogP contribution is -2.01. The van der Waals surface area contributed by atoms with E-state index in [0.717, 1.165) is 35.1 Å². The van der Waals surface area contributed by atoms with Crippen LogP contribution in [-0.4, -0.2) is 26.5 Å². The number of benzene rings is 1. The third-order valence-electron chi connectivity index (χ3n) is 4.93. The van der Waals surface area contributed by atoms with Gasteiger partial charge in [0, 0.05) is 17.1 Å². The second-order valence-electron chi connectivity index (χ2n) is 8.02. The first kappa shape index (κ1) is 21.5. The maximum Gasteiger partial charge on any atom is 0.222 e. The number of aromatic nitrogens is 4. The molecule has 0 unspecified atom stereocenters. The van der Waals surface area contributed by atoms with Crippen molar-refractivity contribution in [3.05, 3.63) is 66.7 Å². The van der Waals surface area contributed by atoms with Crippen molar-refractivity contribution in [3.8, 4) is 17.4 Å². The fraction of sp³-hybridized carbons (Fsp3) is 0.280. The number of anilines is 2. The fourth-order valence-electron chi connectivity index (χ4n) is 3.27. The van der Waals surface area contributed by atoms with E-state index in [9.17, 15) is 0 Å². The Kier molecular flexibility index (Phi) is 6.75. The average molecular weight is 430 g/mol. The number of nitrogens with one attached hydrogen (secondary N) is 1. The van der Waals surface area contributed by atoms with Crippen molar-refractivity contribution in [2.75, 3.05) is 11.9 Å². The smallest absolute Gasteiger partial charge is 0.222 e. The summed E-state index contributed by atoms with van der Waals surface area (Å²) in [5, 5.41) is 4.07. The summed E-state index contributed by atoms with van der Waals surface area (Å²) in [4.78, 5) is 17.5. The van der Waals surface area contributed by atoms with Gasteiger partial charge in [-0.1, -0.05) is 19.9 Å². The van der Waals surface area contributed by atoms with Gasteiger partial charge in [0.25, 0.3) is 0 Å². The number of rotatable bonds is 9. The molecule has 7 heteroatoms. The molecule has 4 rings (SSSR count). The van der Waals surface area contributed by atoms with Crippen LogP contribution >= 0.6 is 0 Å². The van der Waals surface area contributed by atoms with Crippen LogP contribution < -0.4 is 14.8 Å². The highest BCUT2D eigenvalue weighted by atomic mass is 16.5. The van der Waals surface area contributed by atoms with Crippen LogP contribution in [0.25, 0.3) is 10.9 Å². The number of ether oxygens (including phenoxy) is 2. The number of nitrogens with zero attached hydrogens (tertiary/aromatic N) is 4. The Morgan fingerprint density at radius 2 is 1.88 bits per heavy atom. The summed E-state index contributed by atoms with van der Waals surface area (Å²) in [6.07, 6.45) is 7.14. The molecule has 7 nitrogen and oxygen atoms in total. The lowest BCUT2D eigenvalue weighted by atomic mass is 10.1. The van der Waals surface area contributed by atoms with Gasteiger partial charge in [-0.3, -0.25) is 0 Å². The molecule has 0 bridgehead atoms. The molecule has 32 heavy (non-hydrogen) atoms. The molecule has 0 fully saturated rings. The normalized spacial score (nSPS) is 11.0. The van der Waals surface area contributed by atoms with Crippen molar-refractivity contribution < 1.29 is 9.47 Å². The third kappa shape index (κ3) is 5.49. The lowest BCUT2D eigenvalue weighted by Gasteiger charge is -2.12. The summed E-state index contributed by atoms with van der Waals surface area (Å²) in [7, 11) is 0. The summed E-state index contributed by atoms with van der Waals surface area (Å²) in [6.45, 7) is 7.08. The van der Waals surface area contributed by atoms with Crippen molar-refractivity contribution >= 4 is 22.5 Å². The Hall–Kier alpha value is -3.74. The Morgan fingerprint density at radius 3 is 2.66 bits per heavy atom. The van der Waals surface area contributed by atoms with Crippen LogP contribution in [0.3, 0.4) is 0 Å². The molecule has 1 N–H and O–H groups in total. The minimum Gasteiger partial charge on any atom is -0.492 e. The molecule has 0 aliphatic heterocycles. The van der Waals surface area contributed by atoms with Gasteiger partial charge in [-0.2, -0.15) is 0 Å². The molecule has 4 aromatic rings. The molecule has 1 aromatic carbocycles. The molecule has 3 heterocycles. The van der Waals surface area contributed by atoms with E-state index in [2.05, 4.69) is 39.1 Å². The fourth-order valence-corrected chi connectivity index (χ4v) is 3.27. The zero-order valence-corrected chi connectivity index (χ0v) is 18.6. The number of hydrogen-bond acceptors (Lipinski definition) is 7. The number of fused-ring (bicyclic) bond motifs is 1. The molecule has 0 aliphatic rings. The zero-order valence-electron chi connectivity index (χ0n) is 18.6.